The van der Waals surface area contributed by atoms with E-state index in [1.807, 2.05) is 12.1 Å². The summed E-state index contributed by atoms with van der Waals surface area (Å²) in [5, 5.41) is 10.3. The monoisotopic (exact) mass is 292 g/mol. The first kappa shape index (κ1) is 12.3. The first-order chi connectivity index (χ1) is 9.11. The number of aromatic hydroxyl groups is 1. The third kappa shape index (κ3) is 2.53. The lowest BCUT2D eigenvalue weighted by Crippen LogP contribution is -1.89. The number of hydrogen-bond acceptors (Lipinski definition) is 2. The Morgan fingerprint density at radius 2 is 1.74 bits per heavy atom. The molecule has 19 heavy (non-hydrogen) atoms. The Kier molecular flexibility index (Phi) is 3.09. The summed E-state index contributed by atoms with van der Waals surface area (Å²) in [5.41, 5.74) is 2.72. The van der Waals surface area contributed by atoms with Crippen molar-refractivity contribution in [3.05, 3.63) is 57.8 Å². The first-order valence-corrected chi connectivity index (χ1v) is 6.49. The molecule has 3 aromatic rings. The van der Waals surface area contributed by atoms with Gasteiger partial charge in [0.15, 0.2) is 0 Å². The van der Waals surface area contributed by atoms with Crippen LogP contribution in [0.5, 0.6) is 5.75 Å². The number of phenols is 1. The Labute approximate surface area is 119 Å². The van der Waals surface area contributed by atoms with E-state index in [4.69, 9.17) is 23.2 Å². The minimum atomic E-state index is 0.256. The number of imidazole rings is 1. The zero-order valence-corrected chi connectivity index (χ0v) is 11.3. The average molecular weight is 293 g/mol. The van der Waals surface area contributed by atoms with Crippen LogP contribution in [0.2, 0.25) is 10.0 Å². The molecule has 3 nitrogen and oxygen atoms in total. The smallest absolute Gasteiger partial charge is 0.115 e. The van der Waals surface area contributed by atoms with Crippen LogP contribution in [0.4, 0.5) is 0 Å². The lowest BCUT2D eigenvalue weighted by atomic mass is 10.1. The van der Waals surface area contributed by atoms with Gasteiger partial charge in [0, 0.05) is 6.42 Å². The van der Waals surface area contributed by atoms with Gasteiger partial charge in [0.2, 0.25) is 0 Å². The van der Waals surface area contributed by atoms with Crippen molar-refractivity contribution < 1.29 is 5.11 Å². The quantitative estimate of drug-likeness (QED) is 0.745. The molecular formula is C14H10Cl2N2O. The third-order valence-corrected chi connectivity index (χ3v) is 3.60. The van der Waals surface area contributed by atoms with Gasteiger partial charge in [-0.1, -0.05) is 35.3 Å². The SMILES string of the molecule is Oc1ccc(Cc2nc3cc(Cl)c(Cl)cc3[nH]2)cc1. The van der Waals surface area contributed by atoms with E-state index in [-0.39, 0.29) is 5.75 Å². The van der Waals surface area contributed by atoms with Gasteiger partial charge < -0.3 is 10.1 Å². The second-order valence-corrected chi connectivity index (χ2v) is 5.12. The number of fused-ring (bicyclic) bond motifs is 1. The topological polar surface area (TPSA) is 48.9 Å². The molecule has 0 atom stereocenters. The summed E-state index contributed by atoms with van der Waals surface area (Å²) in [6.45, 7) is 0. The molecular weight excluding hydrogens is 283 g/mol. The van der Waals surface area contributed by atoms with Crippen LogP contribution in [0.3, 0.4) is 0 Å². The van der Waals surface area contributed by atoms with Gasteiger partial charge in [-0.05, 0) is 29.8 Å². The number of aromatic amines is 1. The van der Waals surface area contributed by atoms with Gasteiger partial charge in [0.1, 0.15) is 11.6 Å². The summed E-state index contributed by atoms with van der Waals surface area (Å²) in [5.74, 6) is 1.09. The molecule has 0 aliphatic carbocycles. The van der Waals surface area contributed by atoms with Crippen LogP contribution in [-0.2, 0) is 6.42 Å². The first-order valence-electron chi connectivity index (χ1n) is 5.73. The predicted octanol–water partition coefficient (Wildman–Crippen LogP) is 4.17. The molecule has 5 heteroatoms. The zero-order chi connectivity index (χ0) is 13.4. The molecule has 0 fully saturated rings. The van der Waals surface area contributed by atoms with E-state index in [1.54, 1.807) is 24.3 Å². The Bertz CT molecular complexity index is 696. The van der Waals surface area contributed by atoms with Gasteiger partial charge in [-0.2, -0.15) is 0 Å². The van der Waals surface area contributed by atoms with Crippen molar-refractivity contribution in [1.82, 2.24) is 9.97 Å². The van der Waals surface area contributed by atoms with Crippen LogP contribution in [0.15, 0.2) is 36.4 Å². The fourth-order valence-electron chi connectivity index (χ4n) is 1.95. The van der Waals surface area contributed by atoms with Crippen molar-refractivity contribution >= 4 is 34.2 Å². The van der Waals surface area contributed by atoms with Crippen LogP contribution < -0.4 is 0 Å². The highest BCUT2D eigenvalue weighted by Gasteiger charge is 2.07. The van der Waals surface area contributed by atoms with Gasteiger partial charge in [-0.15, -0.1) is 0 Å². The second kappa shape index (κ2) is 4.76. The molecule has 0 saturated heterocycles. The number of aromatic nitrogens is 2. The molecule has 1 aromatic heterocycles. The third-order valence-electron chi connectivity index (χ3n) is 2.88. The van der Waals surface area contributed by atoms with Gasteiger partial charge >= 0.3 is 0 Å². The molecule has 3 rings (SSSR count). The Morgan fingerprint density at radius 1 is 1.05 bits per heavy atom. The minimum absolute atomic E-state index is 0.256. The van der Waals surface area contributed by atoms with Crippen LogP contribution in [-0.4, -0.2) is 15.1 Å². The Hall–Kier alpha value is -1.71. The number of rotatable bonds is 2. The van der Waals surface area contributed by atoms with E-state index in [9.17, 15) is 5.11 Å². The number of halogens is 2. The highest BCUT2D eigenvalue weighted by Crippen LogP contribution is 2.27. The van der Waals surface area contributed by atoms with Crippen molar-refractivity contribution in [1.29, 1.82) is 0 Å². The van der Waals surface area contributed by atoms with Gasteiger partial charge in [0.25, 0.3) is 0 Å². The molecule has 0 aliphatic heterocycles. The highest BCUT2D eigenvalue weighted by atomic mass is 35.5. The largest absolute Gasteiger partial charge is 0.508 e. The highest BCUT2D eigenvalue weighted by molar-refractivity contribution is 6.42. The molecule has 0 radical (unpaired) electrons. The molecule has 0 unspecified atom stereocenters. The Morgan fingerprint density at radius 3 is 2.47 bits per heavy atom. The van der Waals surface area contributed by atoms with Crippen molar-refractivity contribution in [2.24, 2.45) is 0 Å². The van der Waals surface area contributed by atoms with E-state index in [2.05, 4.69) is 9.97 Å². The van der Waals surface area contributed by atoms with E-state index in [0.717, 1.165) is 22.4 Å². The fourth-order valence-corrected chi connectivity index (χ4v) is 2.27. The lowest BCUT2D eigenvalue weighted by Gasteiger charge is -1.98. The summed E-state index contributed by atoms with van der Waals surface area (Å²) in [6, 6.07) is 10.6. The molecule has 2 aromatic carbocycles. The van der Waals surface area contributed by atoms with E-state index < -0.39 is 0 Å². The minimum Gasteiger partial charge on any atom is -0.508 e. The predicted molar refractivity (Wildman–Crippen MR) is 77.0 cm³/mol. The molecule has 1 heterocycles. The number of H-pyrrole nitrogens is 1. The average Bonchev–Trinajstić information content (AvgIpc) is 2.74. The number of nitrogens with zero attached hydrogens (tertiary/aromatic N) is 1. The summed E-state index contributed by atoms with van der Waals surface area (Å²) in [7, 11) is 0. The number of hydrogen-bond donors (Lipinski definition) is 2. The summed E-state index contributed by atoms with van der Waals surface area (Å²) in [6.07, 6.45) is 0.657. The van der Waals surface area contributed by atoms with Crippen LogP contribution >= 0.6 is 23.2 Å². The van der Waals surface area contributed by atoms with Crippen molar-refractivity contribution in [3.63, 3.8) is 0 Å². The molecule has 0 saturated carbocycles. The molecule has 2 N–H and O–H groups in total. The summed E-state index contributed by atoms with van der Waals surface area (Å²) < 4.78 is 0. The molecule has 0 amide bonds. The maximum Gasteiger partial charge on any atom is 0.115 e. The maximum atomic E-state index is 9.25. The van der Waals surface area contributed by atoms with Gasteiger partial charge in [0.05, 0.1) is 21.1 Å². The van der Waals surface area contributed by atoms with Crippen LogP contribution in [0.25, 0.3) is 11.0 Å². The van der Waals surface area contributed by atoms with E-state index in [0.29, 0.717) is 16.5 Å². The molecule has 0 bridgehead atoms. The van der Waals surface area contributed by atoms with Crippen molar-refractivity contribution in [3.8, 4) is 5.75 Å². The Balaban J connectivity index is 1.95. The molecule has 0 aliphatic rings. The van der Waals surface area contributed by atoms with E-state index in [1.165, 1.54) is 0 Å². The summed E-state index contributed by atoms with van der Waals surface area (Å²) >= 11 is 11.9. The summed E-state index contributed by atoms with van der Waals surface area (Å²) in [4.78, 5) is 7.68. The number of nitrogens with one attached hydrogen (secondary N) is 1. The van der Waals surface area contributed by atoms with Crippen LogP contribution in [0, 0.1) is 0 Å². The van der Waals surface area contributed by atoms with Gasteiger partial charge in [-0.25, -0.2) is 4.98 Å². The normalized spacial score (nSPS) is 11.1. The standard InChI is InChI=1S/C14H10Cl2N2O/c15-10-6-12-13(7-11(10)16)18-14(17-12)5-8-1-3-9(19)4-2-8/h1-4,6-7,19H,5H2,(H,17,18). The van der Waals surface area contributed by atoms with Crippen molar-refractivity contribution in [2.45, 2.75) is 6.42 Å². The second-order valence-electron chi connectivity index (χ2n) is 4.31. The van der Waals surface area contributed by atoms with E-state index >= 15 is 0 Å². The zero-order valence-electron chi connectivity index (χ0n) is 9.82. The van der Waals surface area contributed by atoms with Crippen molar-refractivity contribution in [2.75, 3.05) is 0 Å². The number of phenolic OH excluding ortho intramolecular Hbond substituents is 1. The fraction of sp³-hybridized carbons (Fsp3) is 0.0714. The van der Waals surface area contributed by atoms with Gasteiger partial charge in [-0.3, -0.25) is 0 Å². The molecule has 96 valence electrons. The maximum absolute atomic E-state index is 9.25. The lowest BCUT2D eigenvalue weighted by molar-refractivity contribution is 0.475. The van der Waals surface area contributed by atoms with Crippen LogP contribution in [0.1, 0.15) is 11.4 Å². The molecule has 0 spiro atoms. The number of benzene rings is 2.